The quantitative estimate of drug-likeness (QED) is 0.763. The largest absolute Gasteiger partial charge is 0.506 e. The van der Waals surface area contributed by atoms with Gasteiger partial charge in [0.1, 0.15) is 11.6 Å². The van der Waals surface area contributed by atoms with E-state index in [1.165, 1.54) is 0 Å². The molecule has 4 rings (SSSR count). The zero-order chi connectivity index (χ0) is 15.3. The number of ketones is 1. The minimum atomic E-state index is -0.0400. The standard InChI is InChI=1S/C17H17N3O2/c1-10-18-7-8-20(10)9-11-5-6-13-15(17(11)22)12-3-2-4-14(21)16(12)19-13/h2-4,7-8,11,19,21H,5-6,9H2,1H3. The number of benzene rings is 1. The van der Waals surface area contributed by atoms with Crippen LogP contribution in [-0.2, 0) is 13.0 Å². The Labute approximate surface area is 127 Å². The third-order valence-electron chi connectivity index (χ3n) is 4.59. The third-order valence-corrected chi connectivity index (χ3v) is 4.59. The molecule has 5 heteroatoms. The van der Waals surface area contributed by atoms with Crippen LogP contribution in [0.25, 0.3) is 10.9 Å². The number of phenols is 1. The van der Waals surface area contributed by atoms with E-state index < -0.39 is 0 Å². The number of carbonyl (C=O) groups excluding carboxylic acids is 1. The van der Waals surface area contributed by atoms with Crippen molar-refractivity contribution in [2.45, 2.75) is 26.3 Å². The molecule has 1 aliphatic carbocycles. The highest BCUT2D eigenvalue weighted by atomic mass is 16.3. The molecule has 0 saturated heterocycles. The molecule has 2 aromatic heterocycles. The molecule has 2 N–H and O–H groups in total. The van der Waals surface area contributed by atoms with Gasteiger partial charge in [0.15, 0.2) is 5.78 Å². The molecule has 0 saturated carbocycles. The van der Waals surface area contributed by atoms with E-state index in [1.54, 1.807) is 18.3 Å². The first kappa shape index (κ1) is 13.1. The zero-order valence-electron chi connectivity index (χ0n) is 12.3. The van der Waals surface area contributed by atoms with Gasteiger partial charge in [-0.3, -0.25) is 4.79 Å². The minimum absolute atomic E-state index is 0.0400. The second-order valence-electron chi connectivity index (χ2n) is 5.90. The van der Waals surface area contributed by atoms with Gasteiger partial charge in [0.25, 0.3) is 0 Å². The molecule has 5 nitrogen and oxygen atoms in total. The number of para-hydroxylation sites is 1. The number of carbonyl (C=O) groups is 1. The summed E-state index contributed by atoms with van der Waals surface area (Å²) in [5.74, 6) is 1.24. The molecular formula is C17H17N3O2. The van der Waals surface area contributed by atoms with E-state index in [4.69, 9.17) is 0 Å². The van der Waals surface area contributed by atoms with Crippen LogP contribution in [0.15, 0.2) is 30.6 Å². The summed E-state index contributed by atoms with van der Waals surface area (Å²) < 4.78 is 2.03. The Bertz CT molecular complexity index is 875. The van der Waals surface area contributed by atoms with Crippen molar-refractivity contribution in [1.82, 2.24) is 14.5 Å². The van der Waals surface area contributed by atoms with E-state index in [1.807, 2.05) is 23.8 Å². The average molecular weight is 295 g/mol. The summed E-state index contributed by atoms with van der Waals surface area (Å²) in [6.45, 7) is 2.61. The van der Waals surface area contributed by atoms with E-state index in [0.717, 1.165) is 35.3 Å². The third kappa shape index (κ3) is 1.85. The first-order valence-corrected chi connectivity index (χ1v) is 7.49. The lowest BCUT2D eigenvalue weighted by atomic mass is 9.85. The SMILES string of the molecule is Cc1nccn1CC1CCc2[nH]c3c(O)cccc3c2C1=O. The van der Waals surface area contributed by atoms with Crippen molar-refractivity contribution in [2.75, 3.05) is 0 Å². The van der Waals surface area contributed by atoms with Crippen molar-refractivity contribution in [3.8, 4) is 5.75 Å². The summed E-state index contributed by atoms with van der Waals surface area (Å²) >= 11 is 0. The van der Waals surface area contributed by atoms with Crippen LogP contribution in [-0.4, -0.2) is 25.4 Å². The van der Waals surface area contributed by atoms with Crippen LogP contribution in [0.1, 0.15) is 28.3 Å². The topological polar surface area (TPSA) is 70.9 Å². The van der Waals surface area contributed by atoms with E-state index >= 15 is 0 Å². The van der Waals surface area contributed by atoms with Gasteiger partial charge >= 0.3 is 0 Å². The number of imidazole rings is 1. The first-order valence-electron chi connectivity index (χ1n) is 7.49. The van der Waals surface area contributed by atoms with E-state index in [9.17, 15) is 9.90 Å². The molecule has 1 unspecified atom stereocenters. The molecule has 2 heterocycles. The van der Waals surface area contributed by atoms with Crippen molar-refractivity contribution in [2.24, 2.45) is 5.92 Å². The molecular weight excluding hydrogens is 278 g/mol. The van der Waals surface area contributed by atoms with Gasteiger partial charge in [0, 0.05) is 41.5 Å². The maximum absolute atomic E-state index is 12.9. The van der Waals surface area contributed by atoms with Gasteiger partial charge in [-0.15, -0.1) is 0 Å². The minimum Gasteiger partial charge on any atom is -0.506 e. The Hall–Kier alpha value is -2.56. The summed E-state index contributed by atoms with van der Waals surface area (Å²) in [6.07, 6.45) is 5.32. The highest BCUT2D eigenvalue weighted by Gasteiger charge is 2.31. The number of aromatic nitrogens is 3. The van der Waals surface area contributed by atoms with Gasteiger partial charge in [0.2, 0.25) is 0 Å². The number of H-pyrrole nitrogens is 1. The predicted molar refractivity (Wildman–Crippen MR) is 83.1 cm³/mol. The monoisotopic (exact) mass is 295 g/mol. The second-order valence-corrected chi connectivity index (χ2v) is 5.90. The number of nitrogens with one attached hydrogen (secondary N) is 1. The van der Waals surface area contributed by atoms with Gasteiger partial charge in [-0.2, -0.15) is 0 Å². The second kappa shape index (κ2) is 4.73. The van der Waals surface area contributed by atoms with Gasteiger partial charge < -0.3 is 14.7 Å². The van der Waals surface area contributed by atoms with Crippen LogP contribution in [0.2, 0.25) is 0 Å². The van der Waals surface area contributed by atoms with Gasteiger partial charge in [0.05, 0.1) is 5.52 Å². The molecule has 0 radical (unpaired) electrons. The fourth-order valence-corrected chi connectivity index (χ4v) is 3.39. The predicted octanol–water partition coefficient (Wildman–Crippen LogP) is 2.82. The molecule has 112 valence electrons. The lowest BCUT2D eigenvalue weighted by molar-refractivity contribution is 0.0889. The number of phenolic OH excluding ortho intramolecular Hbond substituents is 1. The Kier molecular flexibility index (Phi) is 2.82. The first-order chi connectivity index (χ1) is 10.6. The molecule has 22 heavy (non-hydrogen) atoms. The summed E-state index contributed by atoms with van der Waals surface area (Å²) in [7, 11) is 0. The Morgan fingerprint density at radius 3 is 3.09 bits per heavy atom. The Morgan fingerprint density at radius 1 is 1.45 bits per heavy atom. The number of Topliss-reactive ketones (excluding diaryl/α,β-unsaturated/α-hetero) is 1. The van der Waals surface area contributed by atoms with Crippen molar-refractivity contribution in [3.05, 3.63) is 47.7 Å². The van der Waals surface area contributed by atoms with E-state index in [2.05, 4.69) is 9.97 Å². The van der Waals surface area contributed by atoms with Crippen molar-refractivity contribution in [1.29, 1.82) is 0 Å². The maximum Gasteiger partial charge on any atom is 0.170 e. The average Bonchev–Trinajstić information content (AvgIpc) is 3.07. The van der Waals surface area contributed by atoms with Gasteiger partial charge in [-0.25, -0.2) is 4.98 Å². The fraction of sp³-hybridized carbons (Fsp3) is 0.294. The molecule has 0 amide bonds. The fourth-order valence-electron chi connectivity index (χ4n) is 3.39. The number of fused-ring (bicyclic) bond motifs is 3. The summed E-state index contributed by atoms with van der Waals surface area (Å²) in [4.78, 5) is 20.3. The maximum atomic E-state index is 12.9. The lowest BCUT2D eigenvalue weighted by Gasteiger charge is -2.22. The number of hydrogen-bond acceptors (Lipinski definition) is 3. The number of aromatic hydroxyl groups is 1. The van der Waals surface area contributed by atoms with Crippen molar-refractivity contribution >= 4 is 16.7 Å². The summed E-state index contributed by atoms with van der Waals surface area (Å²) in [6, 6.07) is 5.32. The van der Waals surface area contributed by atoms with Crippen molar-refractivity contribution in [3.63, 3.8) is 0 Å². The van der Waals surface area contributed by atoms with Gasteiger partial charge in [-0.05, 0) is 25.8 Å². The van der Waals surface area contributed by atoms with Crippen molar-refractivity contribution < 1.29 is 9.90 Å². The van der Waals surface area contributed by atoms with E-state index in [-0.39, 0.29) is 17.5 Å². The Morgan fingerprint density at radius 2 is 2.32 bits per heavy atom. The normalized spacial score (nSPS) is 17.9. The molecule has 3 aromatic rings. The number of hydrogen-bond donors (Lipinski definition) is 2. The number of nitrogens with zero attached hydrogens (tertiary/aromatic N) is 2. The highest BCUT2D eigenvalue weighted by Crippen LogP contribution is 2.35. The van der Waals surface area contributed by atoms with E-state index in [0.29, 0.717) is 12.1 Å². The van der Waals surface area contributed by atoms with Crippen LogP contribution in [0.3, 0.4) is 0 Å². The Balaban J connectivity index is 1.75. The molecule has 1 aromatic carbocycles. The highest BCUT2D eigenvalue weighted by molar-refractivity contribution is 6.11. The summed E-state index contributed by atoms with van der Waals surface area (Å²) in [5.41, 5.74) is 2.36. The summed E-state index contributed by atoms with van der Waals surface area (Å²) in [5, 5.41) is 10.8. The van der Waals surface area contributed by atoms with Crippen LogP contribution in [0.4, 0.5) is 0 Å². The zero-order valence-corrected chi connectivity index (χ0v) is 12.3. The smallest absolute Gasteiger partial charge is 0.170 e. The van der Waals surface area contributed by atoms with Crippen LogP contribution in [0, 0.1) is 12.8 Å². The van der Waals surface area contributed by atoms with Crippen LogP contribution in [0.5, 0.6) is 5.75 Å². The molecule has 0 spiro atoms. The number of aromatic amines is 1. The molecule has 0 bridgehead atoms. The number of aryl methyl sites for hydroxylation is 2. The molecule has 1 aliphatic rings. The van der Waals surface area contributed by atoms with Gasteiger partial charge in [-0.1, -0.05) is 12.1 Å². The molecule has 1 atom stereocenters. The molecule has 0 aliphatic heterocycles. The number of rotatable bonds is 2. The van der Waals surface area contributed by atoms with Crippen LogP contribution >= 0.6 is 0 Å². The lowest BCUT2D eigenvalue weighted by Crippen LogP contribution is -2.26. The molecule has 0 fully saturated rings. The van der Waals surface area contributed by atoms with Crippen LogP contribution < -0.4 is 0 Å².